The monoisotopic (exact) mass is 286 g/mol. The first kappa shape index (κ1) is 15.6. The lowest BCUT2D eigenvalue weighted by Crippen LogP contribution is -2.14. The minimum atomic E-state index is -0.289. The minimum Gasteiger partial charge on any atom is -0.481 e. The second kappa shape index (κ2) is 7.83. The lowest BCUT2D eigenvalue weighted by Gasteiger charge is -2.13. The molecule has 0 radical (unpaired) electrons. The quantitative estimate of drug-likeness (QED) is 0.431. The van der Waals surface area contributed by atoms with E-state index in [2.05, 4.69) is 9.97 Å². The van der Waals surface area contributed by atoms with Crippen LogP contribution in [0.25, 0.3) is 0 Å². The molecule has 0 saturated heterocycles. The highest BCUT2D eigenvalue weighted by Gasteiger charge is 2.14. The van der Waals surface area contributed by atoms with Gasteiger partial charge >= 0.3 is 5.97 Å². The summed E-state index contributed by atoms with van der Waals surface area (Å²) in [7, 11) is 3.07. The maximum Gasteiger partial charge on any atom is 0.302 e. The van der Waals surface area contributed by atoms with E-state index in [1.807, 2.05) is 6.92 Å². The number of esters is 1. The zero-order valence-corrected chi connectivity index (χ0v) is 12.3. The summed E-state index contributed by atoms with van der Waals surface area (Å²) in [5.74, 6) is 0.594. The largest absolute Gasteiger partial charge is 0.481 e. The third-order valence-corrected chi connectivity index (χ3v) is 3.47. The Morgan fingerprint density at radius 3 is 2.32 bits per heavy atom. The van der Waals surface area contributed by atoms with Gasteiger partial charge in [-0.2, -0.15) is 9.97 Å². The molecule has 0 aliphatic rings. The van der Waals surface area contributed by atoms with Crippen molar-refractivity contribution in [3.05, 3.63) is 6.07 Å². The van der Waals surface area contributed by atoms with Gasteiger partial charge in [0.1, 0.15) is 6.61 Å². The van der Waals surface area contributed by atoms with Gasteiger partial charge in [-0.05, 0) is 6.42 Å². The smallest absolute Gasteiger partial charge is 0.302 e. The van der Waals surface area contributed by atoms with Gasteiger partial charge in [0.25, 0.3) is 0 Å². The second-order valence-electron chi connectivity index (χ2n) is 3.69. The van der Waals surface area contributed by atoms with Crippen molar-refractivity contribution >= 4 is 17.7 Å². The summed E-state index contributed by atoms with van der Waals surface area (Å²) in [6, 6.07) is 1.61. The van der Waals surface area contributed by atoms with Crippen LogP contribution in [0.4, 0.5) is 0 Å². The van der Waals surface area contributed by atoms with Gasteiger partial charge in [-0.3, -0.25) is 4.79 Å². The molecule has 7 heteroatoms. The number of carbonyl (C=O) groups excluding carboxylic acids is 1. The summed E-state index contributed by atoms with van der Waals surface area (Å²) in [5, 5.41) is 0.635. The van der Waals surface area contributed by atoms with Gasteiger partial charge < -0.3 is 14.2 Å². The molecule has 1 atom stereocenters. The normalized spacial score (nSPS) is 11.8. The van der Waals surface area contributed by atoms with Gasteiger partial charge in [0.15, 0.2) is 5.16 Å². The maximum atomic E-state index is 10.8. The van der Waals surface area contributed by atoms with Crippen LogP contribution in [0.15, 0.2) is 11.2 Å². The molecule has 0 saturated carbocycles. The van der Waals surface area contributed by atoms with Crippen molar-refractivity contribution in [3.63, 3.8) is 0 Å². The fourth-order valence-corrected chi connectivity index (χ4v) is 2.13. The molecule has 0 bridgehead atoms. The summed E-state index contributed by atoms with van der Waals surface area (Å²) < 4.78 is 15.2. The standard InChI is InChI=1S/C12H18N2O4S/c1-5-9(7-18-8(2)15)19-12-13-10(16-3)6-11(14-12)17-4/h6,9H,5,7H2,1-4H3. The predicted octanol–water partition coefficient (Wildman–Crippen LogP) is 1.93. The fraction of sp³-hybridized carbons (Fsp3) is 0.583. The van der Waals surface area contributed by atoms with Gasteiger partial charge in [-0.15, -0.1) is 0 Å². The average Bonchev–Trinajstić information content (AvgIpc) is 2.42. The summed E-state index contributed by atoms with van der Waals surface area (Å²) >= 11 is 1.43. The van der Waals surface area contributed by atoms with Gasteiger partial charge in [0, 0.05) is 12.2 Å². The van der Waals surface area contributed by atoms with E-state index in [1.54, 1.807) is 6.07 Å². The van der Waals surface area contributed by atoms with Crippen LogP contribution in [-0.2, 0) is 9.53 Å². The second-order valence-corrected chi connectivity index (χ2v) is 4.95. The summed E-state index contributed by atoms with van der Waals surface area (Å²) in [4.78, 5) is 19.3. The van der Waals surface area contributed by atoms with Crippen LogP contribution in [0.3, 0.4) is 0 Å². The molecule has 0 fully saturated rings. The van der Waals surface area contributed by atoms with E-state index >= 15 is 0 Å². The highest BCUT2D eigenvalue weighted by Crippen LogP contribution is 2.26. The molecular weight excluding hydrogens is 268 g/mol. The number of methoxy groups -OCH3 is 2. The Labute approximate surface area is 116 Å². The molecule has 19 heavy (non-hydrogen) atoms. The van der Waals surface area contributed by atoms with Crippen LogP contribution in [0.1, 0.15) is 20.3 Å². The van der Waals surface area contributed by atoms with Crippen molar-refractivity contribution in [2.24, 2.45) is 0 Å². The van der Waals surface area contributed by atoms with Gasteiger partial charge in [-0.25, -0.2) is 0 Å². The van der Waals surface area contributed by atoms with Crippen LogP contribution in [0, 0.1) is 0 Å². The average molecular weight is 286 g/mol. The molecular formula is C12H18N2O4S. The number of nitrogens with zero attached hydrogens (tertiary/aromatic N) is 2. The first-order chi connectivity index (χ1) is 9.08. The summed E-state index contributed by atoms with van der Waals surface area (Å²) in [6.45, 7) is 3.74. The van der Waals surface area contributed by atoms with Gasteiger partial charge in [0.05, 0.1) is 20.3 Å². The number of thioether (sulfide) groups is 1. The SMILES string of the molecule is CCC(COC(C)=O)Sc1nc(OC)cc(OC)n1. The van der Waals surface area contributed by atoms with Crippen molar-refractivity contribution in [2.45, 2.75) is 30.7 Å². The molecule has 0 N–H and O–H groups in total. The Hall–Kier alpha value is -1.50. The third kappa shape index (κ3) is 5.34. The molecule has 1 aromatic heterocycles. The van der Waals surface area contributed by atoms with Crippen molar-refractivity contribution in [1.82, 2.24) is 9.97 Å². The van der Waals surface area contributed by atoms with Crippen molar-refractivity contribution in [2.75, 3.05) is 20.8 Å². The van der Waals surface area contributed by atoms with Crippen LogP contribution < -0.4 is 9.47 Å². The molecule has 0 aliphatic heterocycles. The third-order valence-electron chi connectivity index (χ3n) is 2.28. The zero-order chi connectivity index (χ0) is 14.3. The first-order valence-electron chi connectivity index (χ1n) is 5.86. The first-order valence-corrected chi connectivity index (χ1v) is 6.74. The van der Waals surface area contributed by atoms with Crippen LogP contribution in [0.5, 0.6) is 11.8 Å². The van der Waals surface area contributed by atoms with E-state index in [0.717, 1.165) is 6.42 Å². The molecule has 1 rings (SSSR count). The minimum absolute atomic E-state index is 0.0979. The number of hydrogen-bond donors (Lipinski definition) is 0. The van der Waals surface area contributed by atoms with Crippen LogP contribution in [-0.4, -0.2) is 42.0 Å². The van der Waals surface area contributed by atoms with E-state index < -0.39 is 0 Å². The highest BCUT2D eigenvalue weighted by atomic mass is 32.2. The Balaban J connectivity index is 2.75. The maximum absolute atomic E-state index is 10.8. The molecule has 1 unspecified atom stereocenters. The molecule has 0 amide bonds. The van der Waals surface area contributed by atoms with E-state index in [0.29, 0.717) is 23.5 Å². The van der Waals surface area contributed by atoms with Gasteiger partial charge in [0.2, 0.25) is 11.8 Å². The van der Waals surface area contributed by atoms with E-state index in [4.69, 9.17) is 14.2 Å². The highest BCUT2D eigenvalue weighted by molar-refractivity contribution is 7.99. The van der Waals surface area contributed by atoms with Crippen molar-refractivity contribution in [3.8, 4) is 11.8 Å². The molecule has 1 heterocycles. The Morgan fingerprint density at radius 2 is 1.89 bits per heavy atom. The number of aromatic nitrogens is 2. The zero-order valence-electron chi connectivity index (χ0n) is 11.5. The number of hydrogen-bond acceptors (Lipinski definition) is 7. The molecule has 1 aromatic rings. The van der Waals surface area contributed by atoms with Crippen LogP contribution >= 0.6 is 11.8 Å². The summed E-state index contributed by atoms with van der Waals surface area (Å²) in [5.41, 5.74) is 0. The lowest BCUT2D eigenvalue weighted by atomic mass is 10.3. The molecule has 0 aromatic carbocycles. The Morgan fingerprint density at radius 1 is 1.32 bits per heavy atom. The van der Waals surface area contributed by atoms with E-state index in [9.17, 15) is 4.79 Å². The Bertz CT molecular complexity index is 406. The number of ether oxygens (including phenoxy) is 3. The topological polar surface area (TPSA) is 70.5 Å². The summed E-state index contributed by atoms with van der Waals surface area (Å²) in [6.07, 6.45) is 0.834. The fourth-order valence-electron chi connectivity index (χ4n) is 1.24. The van der Waals surface area contributed by atoms with E-state index in [-0.39, 0.29) is 11.2 Å². The van der Waals surface area contributed by atoms with Gasteiger partial charge in [-0.1, -0.05) is 18.7 Å². The molecule has 106 valence electrons. The van der Waals surface area contributed by atoms with Crippen molar-refractivity contribution in [1.29, 1.82) is 0 Å². The number of carbonyl (C=O) groups is 1. The lowest BCUT2D eigenvalue weighted by molar-refractivity contribution is -0.140. The van der Waals surface area contributed by atoms with Crippen molar-refractivity contribution < 1.29 is 19.0 Å². The molecule has 6 nitrogen and oxygen atoms in total. The Kier molecular flexibility index (Phi) is 6.41. The molecule has 0 aliphatic carbocycles. The predicted molar refractivity (Wildman–Crippen MR) is 71.7 cm³/mol. The van der Waals surface area contributed by atoms with E-state index in [1.165, 1.54) is 32.9 Å². The number of rotatable bonds is 7. The molecule has 0 spiro atoms. The van der Waals surface area contributed by atoms with Crippen LogP contribution in [0.2, 0.25) is 0 Å².